The van der Waals surface area contributed by atoms with E-state index in [-0.39, 0.29) is 5.41 Å². The van der Waals surface area contributed by atoms with Gasteiger partial charge >= 0.3 is 0 Å². The Labute approximate surface area is 189 Å². The summed E-state index contributed by atoms with van der Waals surface area (Å²) >= 11 is 0. The van der Waals surface area contributed by atoms with Gasteiger partial charge in [0.05, 0.1) is 25.9 Å². The predicted molar refractivity (Wildman–Crippen MR) is 128 cm³/mol. The second-order valence-corrected chi connectivity index (χ2v) is 8.68. The number of rotatable bonds is 9. The first kappa shape index (κ1) is 23.5. The highest BCUT2D eigenvalue weighted by Crippen LogP contribution is 2.31. The van der Waals surface area contributed by atoms with Crippen molar-refractivity contribution in [1.82, 2.24) is 20.6 Å². The maximum atomic E-state index is 5.83. The van der Waals surface area contributed by atoms with Gasteiger partial charge in [-0.15, -0.1) is 0 Å². The molecule has 174 valence electrons. The molecule has 2 aromatic heterocycles. The van der Waals surface area contributed by atoms with Crippen LogP contribution < -0.4 is 20.1 Å². The third-order valence-electron chi connectivity index (χ3n) is 5.11. The Kier molecular flexibility index (Phi) is 7.66. The summed E-state index contributed by atoms with van der Waals surface area (Å²) in [4.78, 5) is 12.4. The molecule has 0 aliphatic rings. The number of aromatic amines is 1. The zero-order valence-corrected chi connectivity index (χ0v) is 20.0. The number of ether oxygens (including phenoxy) is 2. The van der Waals surface area contributed by atoms with Crippen molar-refractivity contribution in [3.8, 4) is 11.5 Å². The number of benzene rings is 1. The van der Waals surface area contributed by atoms with E-state index in [1.54, 1.807) is 20.4 Å². The van der Waals surface area contributed by atoms with Gasteiger partial charge in [-0.05, 0) is 25.8 Å². The van der Waals surface area contributed by atoms with Crippen molar-refractivity contribution in [3.05, 3.63) is 41.7 Å². The van der Waals surface area contributed by atoms with Crippen LogP contribution in [0, 0.1) is 0 Å². The van der Waals surface area contributed by atoms with Crippen LogP contribution in [0.25, 0.3) is 10.9 Å². The van der Waals surface area contributed by atoms with E-state index in [2.05, 4.69) is 52.4 Å². The monoisotopic (exact) mass is 441 g/mol. The van der Waals surface area contributed by atoms with E-state index < -0.39 is 0 Å². The minimum absolute atomic E-state index is 0.0600. The molecule has 0 saturated heterocycles. The van der Waals surface area contributed by atoms with Crippen molar-refractivity contribution in [3.63, 3.8) is 0 Å². The number of H-pyrrole nitrogens is 1. The van der Waals surface area contributed by atoms with Gasteiger partial charge in [0.2, 0.25) is 5.89 Å². The summed E-state index contributed by atoms with van der Waals surface area (Å²) in [5.41, 5.74) is 2.11. The van der Waals surface area contributed by atoms with E-state index in [0.29, 0.717) is 12.4 Å². The number of nitrogens with zero attached hydrogens (tertiary/aromatic N) is 2. The van der Waals surface area contributed by atoms with Crippen LogP contribution in [0.2, 0.25) is 0 Å². The van der Waals surface area contributed by atoms with Crippen LogP contribution >= 0.6 is 0 Å². The van der Waals surface area contributed by atoms with Gasteiger partial charge in [-0.3, -0.25) is 0 Å². The van der Waals surface area contributed by atoms with Crippen molar-refractivity contribution in [2.45, 2.75) is 52.5 Å². The molecule has 2 heterocycles. The molecule has 32 heavy (non-hydrogen) atoms. The predicted octanol–water partition coefficient (Wildman–Crippen LogP) is 4.16. The molecular formula is C24H35N5O3. The highest BCUT2D eigenvalue weighted by Gasteiger charge is 2.19. The van der Waals surface area contributed by atoms with E-state index >= 15 is 0 Å². The molecule has 3 N–H and O–H groups in total. The molecule has 8 nitrogen and oxygen atoms in total. The third-order valence-corrected chi connectivity index (χ3v) is 5.11. The molecule has 1 aromatic carbocycles. The van der Waals surface area contributed by atoms with Crippen LogP contribution in [0.5, 0.6) is 11.5 Å². The molecular weight excluding hydrogens is 406 g/mol. The van der Waals surface area contributed by atoms with Crippen molar-refractivity contribution in [2.24, 2.45) is 4.99 Å². The lowest BCUT2D eigenvalue weighted by Gasteiger charge is -2.13. The first-order valence-electron chi connectivity index (χ1n) is 11.0. The van der Waals surface area contributed by atoms with Crippen LogP contribution in [0.1, 0.15) is 51.5 Å². The van der Waals surface area contributed by atoms with E-state index in [4.69, 9.17) is 13.9 Å². The average molecular weight is 442 g/mol. The summed E-state index contributed by atoms with van der Waals surface area (Å²) < 4.78 is 16.7. The molecule has 0 bridgehead atoms. The molecule has 0 spiro atoms. The Morgan fingerprint density at radius 2 is 1.97 bits per heavy atom. The second-order valence-electron chi connectivity index (χ2n) is 8.68. The van der Waals surface area contributed by atoms with Crippen molar-refractivity contribution in [1.29, 1.82) is 0 Å². The fourth-order valence-electron chi connectivity index (χ4n) is 3.36. The Bertz CT molecular complexity index is 1050. The fraction of sp³-hybridized carbons (Fsp3) is 0.500. The summed E-state index contributed by atoms with van der Waals surface area (Å²) in [5, 5.41) is 7.71. The molecule has 0 amide bonds. The van der Waals surface area contributed by atoms with Gasteiger partial charge in [0.25, 0.3) is 0 Å². The Morgan fingerprint density at radius 3 is 2.62 bits per heavy atom. The summed E-state index contributed by atoms with van der Waals surface area (Å²) in [7, 11) is 3.33. The van der Waals surface area contributed by atoms with Crippen molar-refractivity contribution < 1.29 is 13.9 Å². The van der Waals surface area contributed by atoms with Crippen molar-refractivity contribution in [2.75, 3.05) is 27.3 Å². The number of oxazole rings is 1. The number of fused-ring (bicyclic) bond motifs is 1. The summed E-state index contributed by atoms with van der Waals surface area (Å²) in [6.07, 6.45) is 3.64. The molecule has 8 heteroatoms. The van der Waals surface area contributed by atoms with Gasteiger partial charge in [0.15, 0.2) is 5.96 Å². The summed E-state index contributed by atoms with van der Waals surface area (Å²) in [5.74, 6) is 3.83. The maximum Gasteiger partial charge on any atom is 0.216 e. The lowest BCUT2D eigenvalue weighted by Crippen LogP contribution is -2.37. The number of hydrogen-bond acceptors (Lipinski definition) is 5. The SMILES string of the molecule is CCNC(=NCc1ncc(C(C)(C)C)o1)NCCCc1cc2c(OC)cc(OC)cc2[nH]1. The van der Waals surface area contributed by atoms with Crippen LogP contribution in [-0.2, 0) is 18.4 Å². The molecule has 0 aliphatic heterocycles. The van der Waals surface area contributed by atoms with E-state index in [0.717, 1.165) is 65.7 Å². The standard InChI is InChI=1S/C24H35N5O3/c1-7-25-23(28-15-22-27-14-21(32-22)24(2,3)4)26-10-8-9-16-11-18-19(29-16)12-17(30-5)13-20(18)31-6/h11-14,29H,7-10,15H2,1-6H3,(H2,25,26,28). The molecule has 0 aliphatic carbocycles. The Balaban J connectivity index is 1.55. The van der Waals surface area contributed by atoms with Gasteiger partial charge in [-0.25, -0.2) is 9.98 Å². The average Bonchev–Trinajstić information content (AvgIpc) is 3.40. The van der Waals surface area contributed by atoms with E-state index in [9.17, 15) is 0 Å². The molecule has 0 saturated carbocycles. The van der Waals surface area contributed by atoms with Crippen molar-refractivity contribution >= 4 is 16.9 Å². The molecule has 0 unspecified atom stereocenters. The van der Waals surface area contributed by atoms with E-state index in [1.165, 1.54) is 0 Å². The molecule has 3 aromatic rings. The van der Waals surface area contributed by atoms with Crippen LogP contribution in [0.3, 0.4) is 0 Å². The van der Waals surface area contributed by atoms with Gasteiger partial charge in [0, 0.05) is 41.7 Å². The quantitative estimate of drug-likeness (QED) is 0.262. The number of hydrogen-bond donors (Lipinski definition) is 3. The van der Waals surface area contributed by atoms with Crippen LogP contribution in [0.15, 0.2) is 33.8 Å². The Hall–Kier alpha value is -3.16. The largest absolute Gasteiger partial charge is 0.497 e. The van der Waals surface area contributed by atoms with E-state index in [1.807, 2.05) is 19.1 Å². The summed E-state index contributed by atoms with van der Waals surface area (Å²) in [6, 6.07) is 6.03. The number of guanidine groups is 1. The normalized spacial score (nSPS) is 12.2. The van der Waals surface area contributed by atoms with Crippen LogP contribution in [0.4, 0.5) is 0 Å². The summed E-state index contributed by atoms with van der Waals surface area (Å²) in [6.45, 7) is 10.3. The Morgan fingerprint density at radius 1 is 1.16 bits per heavy atom. The maximum absolute atomic E-state index is 5.83. The molecule has 0 atom stereocenters. The molecule has 3 rings (SSSR count). The lowest BCUT2D eigenvalue weighted by atomic mass is 9.94. The minimum atomic E-state index is -0.0600. The first-order chi connectivity index (χ1) is 15.3. The highest BCUT2D eigenvalue weighted by molar-refractivity contribution is 5.88. The number of aromatic nitrogens is 2. The highest BCUT2D eigenvalue weighted by atomic mass is 16.5. The number of methoxy groups -OCH3 is 2. The van der Waals surface area contributed by atoms with Gasteiger partial charge in [-0.1, -0.05) is 20.8 Å². The zero-order valence-electron chi connectivity index (χ0n) is 20.0. The van der Waals surface area contributed by atoms with Gasteiger partial charge in [0.1, 0.15) is 23.8 Å². The smallest absolute Gasteiger partial charge is 0.216 e. The number of nitrogens with one attached hydrogen (secondary N) is 3. The minimum Gasteiger partial charge on any atom is -0.497 e. The fourth-order valence-corrected chi connectivity index (χ4v) is 3.36. The molecule has 0 radical (unpaired) electrons. The van der Waals surface area contributed by atoms with Crippen LogP contribution in [-0.4, -0.2) is 43.2 Å². The van der Waals surface area contributed by atoms with Gasteiger partial charge in [-0.2, -0.15) is 0 Å². The topological polar surface area (TPSA) is 96.7 Å². The lowest BCUT2D eigenvalue weighted by molar-refractivity contribution is 0.383. The number of aliphatic imine (C=N–C) groups is 1. The van der Waals surface area contributed by atoms with Gasteiger partial charge < -0.3 is 29.5 Å². The number of aryl methyl sites for hydroxylation is 1. The second kappa shape index (κ2) is 10.4. The zero-order chi connectivity index (χ0) is 23.1. The third kappa shape index (κ3) is 5.96. The first-order valence-corrected chi connectivity index (χ1v) is 11.0. The molecule has 0 fully saturated rings.